The van der Waals surface area contributed by atoms with Gasteiger partial charge < -0.3 is 10.1 Å². The van der Waals surface area contributed by atoms with E-state index in [-0.39, 0.29) is 33.4 Å². The lowest BCUT2D eigenvalue weighted by atomic mass is 9.87. The Labute approximate surface area is 161 Å². The molecule has 0 aliphatic heterocycles. The quantitative estimate of drug-likeness (QED) is 0.554. The van der Waals surface area contributed by atoms with Crippen LogP contribution in [0.3, 0.4) is 0 Å². The Bertz CT molecular complexity index is 830. The van der Waals surface area contributed by atoms with Gasteiger partial charge in [0, 0.05) is 6.07 Å². The first-order chi connectivity index (χ1) is 12.1. The lowest BCUT2D eigenvalue weighted by Crippen LogP contribution is -2.20. The Morgan fingerprint density at radius 3 is 2.31 bits per heavy atom. The van der Waals surface area contributed by atoms with Crippen LogP contribution in [-0.2, 0) is 10.2 Å². The van der Waals surface area contributed by atoms with Crippen molar-refractivity contribution in [2.45, 2.75) is 26.2 Å². The van der Waals surface area contributed by atoms with Crippen LogP contribution in [0.25, 0.3) is 0 Å². The first-order valence-corrected chi connectivity index (χ1v) is 8.50. The average molecular weight is 397 g/mol. The third-order valence-electron chi connectivity index (χ3n) is 3.60. The Hall–Kier alpha value is -2.31. The SMILES string of the molecule is CC(C)(C)c1ccc(OCC(=O)Nc2cc(Cl)c([N+](=O)[O-])cc2Cl)cc1. The molecule has 2 rings (SSSR count). The highest BCUT2D eigenvalue weighted by molar-refractivity contribution is 6.37. The highest BCUT2D eigenvalue weighted by Crippen LogP contribution is 2.33. The second-order valence-corrected chi connectivity index (χ2v) is 7.47. The van der Waals surface area contributed by atoms with Crippen LogP contribution in [0.4, 0.5) is 11.4 Å². The number of nitrogens with one attached hydrogen (secondary N) is 1. The Morgan fingerprint density at radius 1 is 1.15 bits per heavy atom. The molecule has 1 N–H and O–H groups in total. The van der Waals surface area contributed by atoms with Crippen molar-refractivity contribution >= 4 is 40.5 Å². The van der Waals surface area contributed by atoms with Crippen molar-refractivity contribution in [2.24, 2.45) is 0 Å². The molecule has 0 aliphatic carbocycles. The average Bonchev–Trinajstić information content (AvgIpc) is 2.55. The standard InChI is InChI=1S/C18H18Cl2N2O4/c1-18(2,3)11-4-6-12(7-5-11)26-10-17(23)21-15-8-14(20)16(22(24)25)9-13(15)19/h4-9H,10H2,1-3H3,(H,21,23). The van der Waals surface area contributed by atoms with Crippen molar-refractivity contribution in [1.82, 2.24) is 0 Å². The zero-order valence-corrected chi connectivity index (χ0v) is 16.0. The van der Waals surface area contributed by atoms with Gasteiger partial charge in [-0.2, -0.15) is 0 Å². The van der Waals surface area contributed by atoms with Crippen LogP contribution in [0.1, 0.15) is 26.3 Å². The number of nitro groups is 1. The molecule has 0 unspecified atom stereocenters. The van der Waals surface area contributed by atoms with Gasteiger partial charge in [0.1, 0.15) is 10.8 Å². The predicted octanol–water partition coefficient (Wildman–Crippen LogP) is 5.22. The number of hydrogen-bond donors (Lipinski definition) is 1. The fourth-order valence-electron chi connectivity index (χ4n) is 2.16. The molecule has 0 aliphatic rings. The lowest BCUT2D eigenvalue weighted by molar-refractivity contribution is -0.384. The summed E-state index contributed by atoms with van der Waals surface area (Å²) in [4.78, 5) is 22.2. The van der Waals surface area contributed by atoms with Crippen molar-refractivity contribution in [1.29, 1.82) is 0 Å². The minimum atomic E-state index is -0.649. The summed E-state index contributed by atoms with van der Waals surface area (Å²) in [6.07, 6.45) is 0. The molecule has 0 radical (unpaired) electrons. The number of rotatable bonds is 5. The zero-order chi connectivity index (χ0) is 19.5. The molecule has 0 aromatic heterocycles. The fourth-order valence-corrected chi connectivity index (χ4v) is 2.60. The number of hydrogen-bond acceptors (Lipinski definition) is 4. The van der Waals surface area contributed by atoms with E-state index in [1.54, 1.807) is 12.1 Å². The predicted molar refractivity (Wildman–Crippen MR) is 102 cm³/mol. The number of nitro benzene ring substituents is 1. The molecule has 138 valence electrons. The summed E-state index contributed by atoms with van der Waals surface area (Å²) in [5.41, 5.74) is 1.03. The molecular weight excluding hydrogens is 379 g/mol. The number of anilines is 1. The number of carbonyl (C=O) groups is 1. The highest BCUT2D eigenvalue weighted by Gasteiger charge is 2.17. The van der Waals surface area contributed by atoms with Crippen molar-refractivity contribution in [3.8, 4) is 5.75 Å². The first kappa shape index (κ1) is 20.0. The molecule has 0 saturated heterocycles. The molecule has 2 aromatic carbocycles. The molecular formula is C18H18Cl2N2O4. The summed E-state index contributed by atoms with van der Waals surface area (Å²) in [6.45, 7) is 6.08. The van der Waals surface area contributed by atoms with E-state index in [4.69, 9.17) is 27.9 Å². The van der Waals surface area contributed by atoms with Crippen molar-refractivity contribution in [3.05, 3.63) is 62.1 Å². The summed E-state index contributed by atoms with van der Waals surface area (Å²) < 4.78 is 5.44. The number of halogens is 2. The van der Waals surface area contributed by atoms with Crippen LogP contribution in [0, 0.1) is 10.1 Å². The Morgan fingerprint density at radius 2 is 1.77 bits per heavy atom. The summed E-state index contributed by atoms with van der Waals surface area (Å²) >= 11 is 11.8. The van der Waals surface area contributed by atoms with Crippen molar-refractivity contribution in [2.75, 3.05) is 11.9 Å². The minimum Gasteiger partial charge on any atom is -0.484 e. The van der Waals surface area contributed by atoms with Crippen LogP contribution < -0.4 is 10.1 Å². The lowest BCUT2D eigenvalue weighted by Gasteiger charge is -2.19. The summed E-state index contributed by atoms with van der Waals surface area (Å²) in [6, 6.07) is 9.80. The van der Waals surface area contributed by atoms with Gasteiger partial charge in [0.15, 0.2) is 6.61 Å². The van der Waals surface area contributed by atoms with Crippen molar-refractivity contribution < 1.29 is 14.5 Å². The topological polar surface area (TPSA) is 81.5 Å². The number of benzene rings is 2. The minimum absolute atomic E-state index is 0.0176. The number of nitrogens with zero attached hydrogens (tertiary/aromatic N) is 1. The molecule has 0 bridgehead atoms. The van der Waals surface area contributed by atoms with E-state index >= 15 is 0 Å². The molecule has 8 heteroatoms. The normalized spacial score (nSPS) is 11.1. The van der Waals surface area contributed by atoms with E-state index in [2.05, 4.69) is 26.1 Å². The molecule has 2 aromatic rings. The maximum Gasteiger partial charge on any atom is 0.289 e. The van der Waals surface area contributed by atoms with E-state index in [1.165, 1.54) is 6.07 Å². The second kappa shape index (κ2) is 7.93. The largest absolute Gasteiger partial charge is 0.484 e. The third-order valence-corrected chi connectivity index (χ3v) is 4.21. The zero-order valence-electron chi connectivity index (χ0n) is 14.5. The van der Waals surface area contributed by atoms with Gasteiger partial charge in [-0.1, -0.05) is 56.1 Å². The molecule has 0 atom stereocenters. The van der Waals surface area contributed by atoms with E-state index in [0.29, 0.717) is 5.75 Å². The van der Waals surface area contributed by atoms with Crippen LogP contribution in [0.5, 0.6) is 5.75 Å². The number of ether oxygens (including phenoxy) is 1. The van der Waals surface area contributed by atoms with Crippen LogP contribution in [0.15, 0.2) is 36.4 Å². The third kappa shape index (κ3) is 5.09. The molecule has 6 nitrogen and oxygen atoms in total. The monoisotopic (exact) mass is 396 g/mol. The maximum atomic E-state index is 12.0. The molecule has 0 fully saturated rings. The van der Waals surface area contributed by atoms with Gasteiger partial charge in [-0.15, -0.1) is 0 Å². The fraction of sp³-hybridized carbons (Fsp3) is 0.278. The Kier molecular flexibility index (Phi) is 6.10. The molecule has 0 spiro atoms. The van der Waals surface area contributed by atoms with Gasteiger partial charge in [-0.25, -0.2) is 0 Å². The van der Waals surface area contributed by atoms with Crippen LogP contribution in [0.2, 0.25) is 10.0 Å². The first-order valence-electron chi connectivity index (χ1n) is 7.74. The Balaban J connectivity index is 1.99. The van der Waals surface area contributed by atoms with Gasteiger partial charge in [0.25, 0.3) is 11.6 Å². The van der Waals surface area contributed by atoms with E-state index < -0.39 is 10.8 Å². The summed E-state index contributed by atoms with van der Waals surface area (Å²) in [7, 11) is 0. The highest BCUT2D eigenvalue weighted by atomic mass is 35.5. The van der Waals surface area contributed by atoms with E-state index in [9.17, 15) is 14.9 Å². The van der Waals surface area contributed by atoms with Crippen molar-refractivity contribution in [3.63, 3.8) is 0 Å². The number of amides is 1. The molecule has 26 heavy (non-hydrogen) atoms. The van der Waals surface area contributed by atoms with Gasteiger partial charge in [0.2, 0.25) is 0 Å². The number of carbonyl (C=O) groups excluding carboxylic acids is 1. The van der Waals surface area contributed by atoms with Gasteiger partial charge in [-0.3, -0.25) is 14.9 Å². The second-order valence-electron chi connectivity index (χ2n) is 6.65. The van der Waals surface area contributed by atoms with Crippen LogP contribution in [-0.4, -0.2) is 17.4 Å². The van der Waals surface area contributed by atoms with Crippen LogP contribution >= 0.6 is 23.2 Å². The maximum absolute atomic E-state index is 12.0. The summed E-state index contributed by atoms with van der Waals surface area (Å²) in [5.74, 6) is 0.0951. The smallest absolute Gasteiger partial charge is 0.289 e. The summed E-state index contributed by atoms with van der Waals surface area (Å²) in [5, 5.41) is 13.2. The molecule has 0 heterocycles. The van der Waals surface area contributed by atoms with Gasteiger partial charge >= 0.3 is 0 Å². The molecule has 1 amide bonds. The van der Waals surface area contributed by atoms with E-state index in [1.807, 2.05) is 12.1 Å². The molecule has 0 saturated carbocycles. The van der Waals surface area contributed by atoms with Gasteiger partial charge in [0.05, 0.1) is 15.6 Å². The van der Waals surface area contributed by atoms with Gasteiger partial charge in [-0.05, 0) is 29.2 Å². The van der Waals surface area contributed by atoms with E-state index in [0.717, 1.165) is 11.6 Å².